The lowest BCUT2D eigenvalue weighted by Crippen LogP contribution is -2.09. The van der Waals surface area contributed by atoms with E-state index in [0.717, 1.165) is 24.4 Å². The molecule has 7 heteroatoms. The van der Waals surface area contributed by atoms with Crippen molar-refractivity contribution in [1.82, 2.24) is 9.97 Å². The molecule has 0 fully saturated rings. The van der Waals surface area contributed by atoms with E-state index in [1.165, 1.54) is 11.3 Å². The Labute approximate surface area is 150 Å². The first-order chi connectivity index (χ1) is 11.0. The van der Waals surface area contributed by atoms with Crippen LogP contribution in [-0.4, -0.2) is 24.2 Å². The maximum Gasteiger partial charge on any atom is 0.260 e. The molecule has 3 aromatic rings. The van der Waals surface area contributed by atoms with E-state index >= 15 is 0 Å². The van der Waals surface area contributed by atoms with Crippen LogP contribution in [0.4, 0.5) is 0 Å². The van der Waals surface area contributed by atoms with Crippen molar-refractivity contribution >= 4 is 44.1 Å². The fourth-order valence-corrected chi connectivity index (χ4v) is 4.14. The van der Waals surface area contributed by atoms with Crippen LogP contribution in [0.15, 0.2) is 16.9 Å². The number of thiophene rings is 1. The van der Waals surface area contributed by atoms with Gasteiger partial charge in [0, 0.05) is 14.0 Å². The third kappa shape index (κ3) is 2.72. The summed E-state index contributed by atoms with van der Waals surface area (Å²) in [6.45, 7) is 3.95. The summed E-state index contributed by atoms with van der Waals surface area (Å²) in [7, 11) is 3.18. The van der Waals surface area contributed by atoms with E-state index in [1.54, 1.807) is 14.2 Å². The van der Waals surface area contributed by atoms with Gasteiger partial charge in [-0.25, -0.2) is 4.98 Å². The van der Waals surface area contributed by atoms with Gasteiger partial charge in [0.15, 0.2) is 11.5 Å². The van der Waals surface area contributed by atoms with Crippen molar-refractivity contribution in [2.24, 2.45) is 0 Å². The number of benzene rings is 1. The second-order valence-electron chi connectivity index (χ2n) is 5.06. The quantitative estimate of drug-likeness (QED) is 0.626. The summed E-state index contributed by atoms with van der Waals surface area (Å²) in [5, 5.41) is 0.673. The van der Waals surface area contributed by atoms with Crippen LogP contribution in [-0.2, 0) is 0 Å². The Bertz CT molecular complexity index is 962. The molecule has 2 aromatic heterocycles. The van der Waals surface area contributed by atoms with E-state index < -0.39 is 0 Å². The molecule has 23 heavy (non-hydrogen) atoms. The number of halogens is 1. The lowest BCUT2D eigenvalue weighted by atomic mass is 10.1. The molecule has 0 aliphatic heterocycles. The van der Waals surface area contributed by atoms with Crippen molar-refractivity contribution < 1.29 is 9.47 Å². The second kappa shape index (κ2) is 6.12. The lowest BCUT2D eigenvalue weighted by molar-refractivity contribution is 0.355. The fraction of sp³-hybridized carbons (Fsp3) is 0.250. The molecule has 1 N–H and O–H groups in total. The van der Waals surface area contributed by atoms with Gasteiger partial charge in [-0.15, -0.1) is 11.3 Å². The average Bonchev–Trinajstić information content (AvgIpc) is 2.81. The third-order valence-corrected chi connectivity index (χ3v) is 5.76. The molecular weight excluding hydrogens is 427 g/mol. The Balaban J connectivity index is 2.27. The molecule has 0 aliphatic rings. The average molecular weight is 442 g/mol. The summed E-state index contributed by atoms with van der Waals surface area (Å²) in [5.74, 6) is 1.78. The summed E-state index contributed by atoms with van der Waals surface area (Å²) >= 11 is 3.73. The van der Waals surface area contributed by atoms with Gasteiger partial charge in [-0.05, 0) is 54.1 Å². The van der Waals surface area contributed by atoms with Crippen LogP contribution < -0.4 is 15.0 Å². The van der Waals surface area contributed by atoms with Gasteiger partial charge in [-0.1, -0.05) is 0 Å². The zero-order valence-corrected chi connectivity index (χ0v) is 16.1. The Morgan fingerprint density at radius 3 is 2.48 bits per heavy atom. The molecule has 2 heterocycles. The number of rotatable bonds is 3. The number of aromatic nitrogens is 2. The van der Waals surface area contributed by atoms with Gasteiger partial charge in [0.05, 0.1) is 19.6 Å². The van der Waals surface area contributed by atoms with Gasteiger partial charge in [0.1, 0.15) is 10.7 Å². The molecule has 0 amide bonds. The molecule has 0 aliphatic carbocycles. The first-order valence-electron chi connectivity index (χ1n) is 6.88. The Morgan fingerprint density at radius 1 is 1.17 bits per heavy atom. The number of aromatic amines is 1. The van der Waals surface area contributed by atoms with Crippen LogP contribution in [0.1, 0.15) is 10.4 Å². The molecule has 0 radical (unpaired) electrons. The van der Waals surface area contributed by atoms with Crippen LogP contribution in [0, 0.1) is 17.4 Å². The van der Waals surface area contributed by atoms with Crippen LogP contribution >= 0.6 is 33.9 Å². The number of nitrogens with zero attached hydrogens (tertiary/aromatic N) is 1. The van der Waals surface area contributed by atoms with E-state index in [9.17, 15) is 4.79 Å². The van der Waals surface area contributed by atoms with Crippen molar-refractivity contribution in [1.29, 1.82) is 0 Å². The highest BCUT2D eigenvalue weighted by Crippen LogP contribution is 2.36. The molecule has 0 saturated heterocycles. The summed E-state index contributed by atoms with van der Waals surface area (Å²) in [4.78, 5) is 21.8. The zero-order chi connectivity index (χ0) is 16.7. The standard InChI is InChI=1S/C16H15IN2O3S/c1-7-8(2)23-16-13(7)15(20)18-14(19-16)9-5-11(21-3)12(22-4)6-10(9)17/h5-6H,1-4H3,(H,18,19,20). The monoisotopic (exact) mass is 442 g/mol. The molecule has 3 rings (SSSR count). The highest BCUT2D eigenvalue weighted by molar-refractivity contribution is 14.1. The van der Waals surface area contributed by atoms with Gasteiger partial charge >= 0.3 is 0 Å². The number of methoxy groups -OCH3 is 2. The normalized spacial score (nSPS) is 11.0. The number of nitrogens with one attached hydrogen (secondary N) is 1. The van der Waals surface area contributed by atoms with Crippen molar-refractivity contribution in [2.75, 3.05) is 14.2 Å². The minimum atomic E-state index is -0.113. The van der Waals surface area contributed by atoms with E-state index in [4.69, 9.17) is 9.47 Å². The van der Waals surface area contributed by atoms with Crippen LogP contribution in [0.5, 0.6) is 11.5 Å². The van der Waals surface area contributed by atoms with Gasteiger partial charge in [0.25, 0.3) is 5.56 Å². The number of ether oxygens (including phenoxy) is 2. The third-order valence-electron chi connectivity index (χ3n) is 3.77. The largest absolute Gasteiger partial charge is 0.493 e. The zero-order valence-electron chi connectivity index (χ0n) is 13.1. The van der Waals surface area contributed by atoms with E-state index in [0.29, 0.717) is 22.7 Å². The van der Waals surface area contributed by atoms with Crippen LogP contribution in [0.25, 0.3) is 21.6 Å². The smallest absolute Gasteiger partial charge is 0.260 e. The van der Waals surface area contributed by atoms with Crippen molar-refractivity contribution in [3.05, 3.63) is 36.5 Å². The number of fused-ring (bicyclic) bond motifs is 1. The van der Waals surface area contributed by atoms with E-state index in [1.807, 2.05) is 26.0 Å². The van der Waals surface area contributed by atoms with E-state index in [2.05, 4.69) is 32.6 Å². The number of hydrogen-bond acceptors (Lipinski definition) is 5. The summed E-state index contributed by atoms with van der Waals surface area (Å²) in [6, 6.07) is 3.70. The topological polar surface area (TPSA) is 64.2 Å². The highest BCUT2D eigenvalue weighted by atomic mass is 127. The molecule has 120 valence electrons. The number of H-pyrrole nitrogens is 1. The van der Waals surface area contributed by atoms with Gasteiger partial charge < -0.3 is 14.5 Å². The number of aryl methyl sites for hydroxylation is 2. The SMILES string of the molecule is COc1cc(I)c(-c2nc3sc(C)c(C)c3c(=O)[nH]2)cc1OC. The fourth-order valence-electron chi connectivity index (χ4n) is 2.42. The first kappa shape index (κ1) is 16.3. The molecule has 0 saturated carbocycles. The van der Waals surface area contributed by atoms with Crippen LogP contribution in [0.3, 0.4) is 0 Å². The molecular formula is C16H15IN2O3S. The van der Waals surface area contributed by atoms with Gasteiger partial charge in [-0.3, -0.25) is 4.79 Å². The summed E-state index contributed by atoms with van der Waals surface area (Å²) in [5.41, 5.74) is 1.69. The molecule has 0 spiro atoms. The molecule has 0 bridgehead atoms. The molecule has 5 nitrogen and oxygen atoms in total. The Hall–Kier alpha value is -1.61. The van der Waals surface area contributed by atoms with Gasteiger partial charge in [0.2, 0.25) is 0 Å². The number of hydrogen-bond donors (Lipinski definition) is 1. The lowest BCUT2D eigenvalue weighted by Gasteiger charge is -2.11. The second-order valence-corrected chi connectivity index (χ2v) is 7.43. The van der Waals surface area contributed by atoms with Crippen molar-refractivity contribution in [3.63, 3.8) is 0 Å². The van der Waals surface area contributed by atoms with Gasteiger partial charge in [-0.2, -0.15) is 0 Å². The predicted molar refractivity (Wildman–Crippen MR) is 101 cm³/mol. The highest BCUT2D eigenvalue weighted by Gasteiger charge is 2.16. The Morgan fingerprint density at radius 2 is 1.83 bits per heavy atom. The maximum atomic E-state index is 12.4. The van der Waals surface area contributed by atoms with E-state index in [-0.39, 0.29) is 5.56 Å². The van der Waals surface area contributed by atoms with Crippen LogP contribution in [0.2, 0.25) is 0 Å². The molecule has 0 atom stereocenters. The summed E-state index contributed by atoms with van der Waals surface area (Å²) in [6.07, 6.45) is 0. The summed E-state index contributed by atoms with van der Waals surface area (Å²) < 4.78 is 11.6. The maximum absolute atomic E-state index is 12.4. The predicted octanol–water partition coefficient (Wildman–Crippen LogP) is 3.89. The van der Waals surface area contributed by atoms with Crippen molar-refractivity contribution in [2.45, 2.75) is 13.8 Å². The first-order valence-corrected chi connectivity index (χ1v) is 8.77. The molecule has 0 unspecified atom stereocenters. The Kier molecular flexibility index (Phi) is 4.33. The van der Waals surface area contributed by atoms with Crippen molar-refractivity contribution in [3.8, 4) is 22.9 Å². The minimum absolute atomic E-state index is 0.113. The minimum Gasteiger partial charge on any atom is -0.493 e. The molecule has 1 aromatic carbocycles.